The molecule has 27 heavy (non-hydrogen) atoms. The molecular formula is C20H20N4O2S. The summed E-state index contributed by atoms with van der Waals surface area (Å²) < 4.78 is 0. The van der Waals surface area contributed by atoms with Crippen molar-refractivity contribution in [2.45, 2.75) is 20.3 Å². The van der Waals surface area contributed by atoms with Gasteiger partial charge in [-0.05, 0) is 37.1 Å². The first kappa shape index (κ1) is 18.6. The number of para-hydroxylation sites is 2. The van der Waals surface area contributed by atoms with Gasteiger partial charge in [0.2, 0.25) is 5.91 Å². The third kappa shape index (κ3) is 5.15. The van der Waals surface area contributed by atoms with E-state index in [0.717, 1.165) is 16.8 Å². The Hall–Kier alpha value is -3.19. The Kier molecular flexibility index (Phi) is 5.83. The number of aryl methyl sites for hydroxylation is 2. The van der Waals surface area contributed by atoms with Crippen molar-refractivity contribution in [3.8, 4) is 0 Å². The predicted octanol–water partition coefficient (Wildman–Crippen LogP) is 4.59. The lowest BCUT2D eigenvalue weighted by atomic mass is 10.1. The molecule has 2 aromatic carbocycles. The van der Waals surface area contributed by atoms with E-state index in [1.54, 1.807) is 17.5 Å². The van der Waals surface area contributed by atoms with Crippen LogP contribution in [0.5, 0.6) is 0 Å². The number of thiazole rings is 1. The van der Waals surface area contributed by atoms with Gasteiger partial charge in [-0.15, -0.1) is 11.3 Å². The van der Waals surface area contributed by atoms with Crippen molar-refractivity contribution in [3.05, 3.63) is 70.7 Å². The summed E-state index contributed by atoms with van der Waals surface area (Å²) in [6.07, 6.45) is 0.145. The lowest BCUT2D eigenvalue weighted by molar-refractivity contribution is -0.115. The summed E-state index contributed by atoms with van der Waals surface area (Å²) in [5, 5.41) is 10.5. The van der Waals surface area contributed by atoms with Crippen molar-refractivity contribution in [2.75, 3.05) is 16.0 Å². The molecule has 3 N–H and O–H groups in total. The van der Waals surface area contributed by atoms with Crippen LogP contribution < -0.4 is 16.0 Å². The fourth-order valence-corrected chi connectivity index (χ4v) is 3.29. The van der Waals surface area contributed by atoms with E-state index in [9.17, 15) is 9.59 Å². The molecule has 0 aliphatic heterocycles. The summed E-state index contributed by atoms with van der Waals surface area (Å²) in [4.78, 5) is 28.6. The number of nitrogens with zero attached hydrogens (tertiary/aromatic N) is 1. The van der Waals surface area contributed by atoms with Gasteiger partial charge in [0.15, 0.2) is 5.13 Å². The van der Waals surface area contributed by atoms with Crippen molar-refractivity contribution < 1.29 is 9.59 Å². The van der Waals surface area contributed by atoms with Crippen molar-refractivity contribution in [1.82, 2.24) is 4.98 Å². The monoisotopic (exact) mass is 380 g/mol. The first-order valence-electron chi connectivity index (χ1n) is 8.45. The summed E-state index contributed by atoms with van der Waals surface area (Å²) in [5.74, 6) is -0.141. The van der Waals surface area contributed by atoms with Crippen LogP contribution >= 0.6 is 11.3 Å². The largest absolute Gasteiger partial charge is 0.325 e. The van der Waals surface area contributed by atoms with Gasteiger partial charge in [0, 0.05) is 16.8 Å². The molecule has 0 aliphatic carbocycles. The molecule has 6 nitrogen and oxygen atoms in total. The Labute approximate surface area is 161 Å². The van der Waals surface area contributed by atoms with Crippen molar-refractivity contribution in [2.24, 2.45) is 0 Å². The van der Waals surface area contributed by atoms with Gasteiger partial charge in [-0.1, -0.05) is 36.4 Å². The Morgan fingerprint density at radius 3 is 2.33 bits per heavy atom. The molecule has 0 fully saturated rings. The van der Waals surface area contributed by atoms with E-state index in [0.29, 0.717) is 16.5 Å². The van der Waals surface area contributed by atoms with E-state index in [2.05, 4.69) is 20.9 Å². The number of carbonyl (C=O) groups is 2. The number of urea groups is 1. The molecule has 3 amide bonds. The molecule has 0 atom stereocenters. The maximum atomic E-state index is 12.3. The second-order valence-electron chi connectivity index (χ2n) is 6.08. The lowest BCUT2D eigenvalue weighted by Gasteiger charge is -2.10. The van der Waals surface area contributed by atoms with Gasteiger partial charge in [-0.25, -0.2) is 9.78 Å². The second-order valence-corrected chi connectivity index (χ2v) is 6.94. The highest BCUT2D eigenvalue weighted by molar-refractivity contribution is 7.14. The molecule has 0 bridgehead atoms. The lowest BCUT2D eigenvalue weighted by Crippen LogP contribution is -2.19. The molecule has 0 radical (unpaired) electrons. The first-order chi connectivity index (χ1) is 13.0. The molecule has 7 heteroatoms. The molecular weight excluding hydrogens is 360 g/mol. The number of anilines is 3. The molecule has 1 heterocycles. The maximum absolute atomic E-state index is 12.3. The Morgan fingerprint density at radius 1 is 0.926 bits per heavy atom. The zero-order chi connectivity index (χ0) is 19.2. The minimum atomic E-state index is -0.373. The minimum Gasteiger partial charge on any atom is -0.325 e. The van der Waals surface area contributed by atoms with Crippen molar-refractivity contribution in [1.29, 1.82) is 0 Å². The summed E-state index contributed by atoms with van der Waals surface area (Å²) in [6.45, 7) is 3.91. The molecule has 0 spiro atoms. The summed E-state index contributed by atoms with van der Waals surface area (Å²) in [6, 6.07) is 14.6. The van der Waals surface area contributed by atoms with Crippen LogP contribution in [0.2, 0.25) is 0 Å². The van der Waals surface area contributed by atoms with Crippen LogP contribution in [0.3, 0.4) is 0 Å². The molecule has 3 aromatic rings. The SMILES string of the molecule is Cc1cccc(C)c1NC(=O)Cc1csc(NC(=O)Nc2ccccc2)n1. The molecule has 0 aliphatic rings. The number of rotatable bonds is 5. The third-order valence-electron chi connectivity index (χ3n) is 3.89. The number of carbonyl (C=O) groups excluding carboxylic acids is 2. The fourth-order valence-electron chi connectivity index (χ4n) is 2.59. The van der Waals surface area contributed by atoms with Crippen LogP contribution in [-0.4, -0.2) is 16.9 Å². The molecule has 0 unspecified atom stereocenters. The van der Waals surface area contributed by atoms with Crippen LogP contribution in [-0.2, 0) is 11.2 Å². The van der Waals surface area contributed by atoms with Crippen molar-refractivity contribution >= 4 is 39.8 Å². The van der Waals surface area contributed by atoms with Gasteiger partial charge >= 0.3 is 6.03 Å². The van der Waals surface area contributed by atoms with Crippen LogP contribution in [0, 0.1) is 13.8 Å². The standard InChI is InChI=1S/C20H20N4O2S/c1-13-7-6-8-14(2)18(13)23-17(25)11-16-12-27-20(22-16)24-19(26)21-15-9-4-3-5-10-15/h3-10,12H,11H2,1-2H3,(H,23,25)(H2,21,22,24,26). The highest BCUT2D eigenvalue weighted by atomic mass is 32.1. The highest BCUT2D eigenvalue weighted by Crippen LogP contribution is 2.21. The Balaban J connectivity index is 1.56. The molecule has 138 valence electrons. The summed E-state index contributed by atoms with van der Waals surface area (Å²) >= 11 is 1.28. The van der Waals surface area contributed by atoms with Gasteiger partial charge < -0.3 is 10.6 Å². The summed E-state index contributed by atoms with van der Waals surface area (Å²) in [7, 11) is 0. The highest BCUT2D eigenvalue weighted by Gasteiger charge is 2.12. The minimum absolute atomic E-state index is 0.141. The van der Waals surface area contributed by atoms with E-state index < -0.39 is 0 Å². The summed E-state index contributed by atoms with van der Waals surface area (Å²) in [5.41, 5.74) is 4.17. The number of hydrogen-bond donors (Lipinski definition) is 3. The Morgan fingerprint density at radius 2 is 1.63 bits per heavy atom. The second kappa shape index (κ2) is 8.46. The number of hydrogen-bond acceptors (Lipinski definition) is 4. The van der Waals surface area contributed by atoms with Gasteiger partial charge in [-0.2, -0.15) is 0 Å². The zero-order valence-electron chi connectivity index (χ0n) is 15.1. The zero-order valence-corrected chi connectivity index (χ0v) is 15.9. The topological polar surface area (TPSA) is 83.1 Å². The predicted molar refractivity (Wildman–Crippen MR) is 109 cm³/mol. The van der Waals surface area contributed by atoms with Gasteiger partial charge in [0.1, 0.15) is 0 Å². The van der Waals surface area contributed by atoms with Gasteiger partial charge in [0.05, 0.1) is 12.1 Å². The Bertz CT molecular complexity index is 933. The van der Waals surface area contributed by atoms with Gasteiger partial charge in [-0.3, -0.25) is 10.1 Å². The number of nitrogens with one attached hydrogen (secondary N) is 3. The van der Waals surface area contributed by atoms with Crippen molar-refractivity contribution in [3.63, 3.8) is 0 Å². The quantitative estimate of drug-likeness (QED) is 0.606. The van der Waals surface area contributed by atoms with E-state index in [1.807, 2.05) is 50.2 Å². The van der Waals surface area contributed by atoms with Crippen LogP contribution in [0.4, 0.5) is 21.3 Å². The van der Waals surface area contributed by atoms with Crippen LogP contribution in [0.1, 0.15) is 16.8 Å². The van der Waals surface area contributed by atoms with E-state index >= 15 is 0 Å². The van der Waals surface area contributed by atoms with Gasteiger partial charge in [0.25, 0.3) is 0 Å². The number of benzene rings is 2. The van der Waals surface area contributed by atoms with Crippen LogP contribution in [0.25, 0.3) is 0 Å². The molecule has 0 saturated heterocycles. The average Bonchev–Trinajstić information content (AvgIpc) is 3.05. The smallest absolute Gasteiger partial charge is 0.325 e. The first-order valence-corrected chi connectivity index (χ1v) is 9.33. The molecule has 3 rings (SSSR count). The molecule has 0 saturated carbocycles. The van der Waals surface area contributed by atoms with E-state index in [4.69, 9.17) is 0 Å². The van der Waals surface area contributed by atoms with Crippen LogP contribution in [0.15, 0.2) is 53.9 Å². The van der Waals surface area contributed by atoms with E-state index in [-0.39, 0.29) is 18.4 Å². The number of amides is 3. The number of aromatic nitrogens is 1. The molecule has 1 aromatic heterocycles. The normalized spacial score (nSPS) is 10.3. The fraction of sp³-hybridized carbons (Fsp3) is 0.150. The average molecular weight is 380 g/mol. The third-order valence-corrected chi connectivity index (χ3v) is 4.70. The maximum Gasteiger partial charge on any atom is 0.325 e. The van der Waals surface area contributed by atoms with E-state index in [1.165, 1.54) is 11.3 Å².